The van der Waals surface area contributed by atoms with Crippen LogP contribution in [0, 0.1) is 5.92 Å². The van der Waals surface area contributed by atoms with E-state index in [9.17, 15) is 9.59 Å². The molecule has 152 valence electrons. The topological polar surface area (TPSA) is 74.4 Å². The molecule has 0 radical (unpaired) electrons. The quantitative estimate of drug-likeness (QED) is 0.770. The molecule has 1 aromatic carbocycles. The van der Waals surface area contributed by atoms with Crippen LogP contribution >= 0.6 is 0 Å². The number of fused-ring (bicyclic) bond motifs is 1. The minimum atomic E-state index is -0.575. The number of benzene rings is 1. The normalized spacial score (nSPS) is 18.4. The molecule has 2 atom stereocenters. The second-order valence-corrected chi connectivity index (χ2v) is 7.78. The van der Waals surface area contributed by atoms with Gasteiger partial charge in [-0.05, 0) is 31.4 Å². The van der Waals surface area contributed by atoms with Crippen molar-refractivity contribution in [1.82, 2.24) is 15.2 Å². The van der Waals surface area contributed by atoms with Crippen LogP contribution in [0.5, 0.6) is 0 Å². The maximum atomic E-state index is 13.3. The van der Waals surface area contributed by atoms with Gasteiger partial charge in [0.1, 0.15) is 6.04 Å². The molecule has 2 aromatic rings. The highest BCUT2D eigenvalue weighted by molar-refractivity contribution is 5.90. The van der Waals surface area contributed by atoms with Crippen molar-refractivity contribution in [3.63, 3.8) is 0 Å². The lowest BCUT2D eigenvalue weighted by atomic mass is 10.0. The van der Waals surface area contributed by atoms with Gasteiger partial charge < -0.3 is 19.9 Å². The summed E-state index contributed by atoms with van der Waals surface area (Å²) >= 11 is 0. The van der Waals surface area contributed by atoms with E-state index in [1.165, 1.54) is 0 Å². The largest absolute Gasteiger partial charge is 0.377 e. The fourth-order valence-corrected chi connectivity index (χ4v) is 3.79. The number of para-hydroxylation sites is 1. The number of carbonyl (C=O) groups excluding carboxylic acids is 2. The molecule has 2 unspecified atom stereocenters. The number of likely N-dealkylation sites (tertiary alicyclic amines) is 1. The number of H-pyrrole nitrogens is 1. The molecule has 0 spiro atoms. The highest BCUT2D eigenvalue weighted by atomic mass is 16.5. The van der Waals surface area contributed by atoms with Crippen molar-refractivity contribution in [1.29, 1.82) is 0 Å². The number of piperidine rings is 1. The molecule has 0 saturated carbocycles. The molecule has 1 aliphatic rings. The van der Waals surface area contributed by atoms with Crippen molar-refractivity contribution in [2.75, 3.05) is 19.7 Å². The molecule has 1 aromatic heterocycles. The van der Waals surface area contributed by atoms with E-state index in [-0.39, 0.29) is 23.8 Å². The van der Waals surface area contributed by atoms with Crippen LogP contribution in [0.2, 0.25) is 0 Å². The summed E-state index contributed by atoms with van der Waals surface area (Å²) < 4.78 is 5.74. The first-order chi connectivity index (χ1) is 13.5. The number of nitrogens with zero attached hydrogens (tertiary/aromatic N) is 1. The monoisotopic (exact) mass is 385 g/mol. The first-order valence-corrected chi connectivity index (χ1v) is 10.2. The molecule has 1 saturated heterocycles. The number of nitrogens with one attached hydrogen (secondary N) is 2. The summed E-state index contributed by atoms with van der Waals surface area (Å²) in [6.45, 7) is 7.61. The highest BCUT2D eigenvalue weighted by Crippen LogP contribution is 2.21. The number of aromatic nitrogens is 1. The number of rotatable bonds is 7. The Morgan fingerprint density at radius 1 is 1.32 bits per heavy atom. The third-order valence-corrected chi connectivity index (χ3v) is 5.33. The lowest BCUT2D eigenvalue weighted by Gasteiger charge is -2.35. The van der Waals surface area contributed by atoms with Crippen LogP contribution in [0.1, 0.15) is 39.2 Å². The van der Waals surface area contributed by atoms with Gasteiger partial charge in [-0.1, -0.05) is 32.0 Å². The van der Waals surface area contributed by atoms with Crippen molar-refractivity contribution in [3.8, 4) is 0 Å². The molecule has 6 heteroatoms. The molecular formula is C22H31N3O3. The van der Waals surface area contributed by atoms with Gasteiger partial charge in [0.25, 0.3) is 0 Å². The highest BCUT2D eigenvalue weighted by Gasteiger charge is 2.31. The van der Waals surface area contributed by atoms with Crippen LogP contribution in [0.15, 0.2) is 30.5 Å². The Labute approximate surface area is 166 Å². The fourth-order valence-electron chi connectivity index (χ4n) is 3.79. The summed E-state index contributed by atoms with van der Waals surface area (Å²) in [6.07, 6.45) is 4.39. The standard InChI is InChI=1S/C22H31N3O3/c1-4-28-17-8-7-11-25(14-17)22(27)20(24-21(26)15(2)3)12-16-13-23-19-10-6-5-9-18(16)19/h5-6,9-10,13,15,17,20,23H,4,7-8,11-12,14H2,1-3H3,(H,24,26). The number of hydrogen-bond donors (Lipinski definition) is 2. The van der Waals surface area contributed by atoms with Gasteiger partial charge in [0, 0.05) is 49.1 Å². The van der Waals surface area contributed by atoms with Gasteiger partial charge in [0.05, 0.1) is 6.10 Å². The minimum absolute atomic E-state index is 0.0244. The van der Waals surface area contributed by atoms with E-state index in [4.69, 9.17) is 4.74 Å². The summed E-state index contributed by atoms with van der Waals surface area (Å²) in [5.74, 6) is -0.295. The Morgan fingerprint density at radius 2 is 2.11 bits per heavy atom. The van der Waals surface area contributed by atoms with E-state index in [1.807, 2.05) is 56.1 Å². The Kier molecular flexibility index (Phi) is 6.73. The molecule has 1 fully saturated rings. The maximum absolute atomic E-state index is 13.3. The molecule has 0 aliphatic carbocycles. The summed E-state index contributed by atoms with van der Waals surface area (Å²) in [5, 5.41) is 4.07. The van der Waals surface area contributed by atoms with Gasteiger partial charge in [-0.25, -0.2) is 0 Å². The van der Waals surface area contributed by atoms with Gasteiger partial charge in [-0.3, -0.25) is 9.59 Å². The first kappa shape index (κ1) is 20.4. The zero-order valence-electron chi connectivity index (χ0n) is 17.0. The second kappa shape index (κ2) is 9.24. The van der Waals surface area contributed by atoms with Crippen LogP contribution < -0.4 is 5.32 Å². The molecule has 28 heavy (non-hydrogen) atoms. The van der Waals surface area contributed by atoms with Crippen molar-refractivity contribution < 1.29 is 14.3 Å². The van der Waals surface area contributed by atoms with Crippen LogP contribution in [-0.2, 0) is 20.7 Å². The Balaban J connectivity index is 1.80. The van der Waals surface area contributed by atoms with E-state index < -0.39 is 6.04 Å². The summed E-state index contributed by atoms with van der Waals surface area (Å²) in [4.78, 5) is 30.8. The van der Waals surface area contributed by atoms with E-state index >= 15 is 0 Å². The van der Waals surface area contributed by atoms with Gasteiger partial charge in [-0.15, -0.1) is 0 Å². The average Bonchev–Trinajstić information content (AvgIpc) is 3.10. The lowest BCUT2D eigenvalue weighted by Crippen LogP contribution is -2.54. The van der Waals surface area contributed by atoms with E-state index in [0.29, 0.717) is 26.1 Å². The van der Waals surface area contributed by atoms with Gasteiger partial charge >= 0.3 is 0 Å². The van der Waals surface area contributed by atoms with Crippen LogP contribution in [-0.4, -0.2) is 53.5 Å². The summed E-state index contributed by atoms with van der Waals surface area (Å²) in [7, 11) is 0. The van der Waals surface area contributed by atoms with E-state index in [0.717, 1.165) is 29.3 Å². The molecule has 2 N–H and O–H groups in total. The van der Waals surface area contributed by atoms with Crippen molar-refractivity contribution in [2.24, 2.45) is 5.92 Å². The van der Waals surface area contributed by atoms with Gasteiger partial charge in [0.2, 0.25) is 11.8 Å². The zero-order chi connectivity index (χ0) is 20.1. The predicted octanol–water partition coefficient (Wildman–Crippen LogP) is 2.88. The minimum Gasteiger partial charge on any atom is -0.377 e. The van der Waals surface area contributed by atoms with Crippen molar-refractivity contribution >= 4 is 22.7 Å². The smallest absolute Gasteiger partial charge is 0.245 e. The fraction of sp³-hybridized carbons (Fsp3) is 0.545. The van der Waals surface area contributed by atoms with Crippen molar-refractivity contribution in [3.05, 3.63) is 36.0 Å². The third-order valence-electron chi connectivity index (χ3n) is 5.33. The van der Waals surface area contributed by atoms with E-state index in [1.54, 1.807) is 0 Å². The number of amides is 2. The van der Waals surface area contributed by atoms with Crippen LogP contribution in [0.3, 0.4) is 0 Å². The van der Waals surface area contributed by atoms with Gasteiger partial charge in [0.15, 0.2) is 0 Å². The molecular weight excluding hydrogens is 354 g/mol. The molecule has 2 heterocycles. The SMILES string of the molecule is CCOC1CCCN(C(=O)C(Cc2c[nH]c3ccccc23)NC(=O)C(C)C)C1. The molecule has 2 amide bonds. The average molecular weight is 386 g/mol. The zero-order valence-corrected chi connectivity index (χ0v) is 17.0. The number of ether oxygens (including phenoxy) is 1. The van der Waals surface area contributed by atoms with Crippen molar-refractivity contribution in [2.45, 2.75) is 52.2 Å². The molecule has 0 bridgehead atoms. The van der Waals surface area contributed by atoms with Gasteiger partial charge in [-0.2, -0.15) is 0 Å². The molecule has 3 rings (SSSR count). The Morgan fingerprint density at radius 3 is 2.86 bits per heavy atom. The maximum Gasteiger partial charge on any atom is 0.245 e. The molecule has 1 aliphatic heterocycles. The number of carbonyl (C=O) groups is 2. The Bertz CT molecular complexity index is 812. The number of hydrogen-bond acceptors (Lipinski definition) is 3. The first-order valence-electron chi connectivity index (χ1n) is 10.2. The Hall–Kier alpha value is -2.34. The number of aromatic amines is 1. The third kappa shape index (κ3) is 4.73. The lowest BCUT2D eigenvalue weighted by molar-refractivity contribution is -0.140. The van der Waals surface area contributed by atoms with Crippen LogP contribution in [0.4, 0.5) is 0 Å². The van der Waals surface area contributed by atoms with E-state index in [2.05, 4.69) is 10.3 Å². The molecule has 6 nitrogen and oxygen atoms in total. The van der Waals surface area contributed by atoms with Crippen LogP contribution in [0.25, 0.3) is 10.9 Å². The predicted molar refractivity (Wildman–Crippen MR) is 110 cm³/mol. The summed E-state index contributed by atoms with van der Waals surface area (Å²) in [5.41, 5.74) is 2.07. The summed E-state index contributed by atoms with van der Waals surface area (Å²) in [6, 6.07) is 7.45. The second-order valence-electron chi connectivity index (χ2n) is 7.78.